The summed E-state index contributed by atoms with van der Waals surface area (Å²) in [6.07, 6.45) is 1.99. The summed E-state index contributed by atoms with van der Waals surface area (Å²) in [5.74, 6) is -1.59. The van der Waals surface area contributed by atoms with Crippen molar-refractivity contribution in [3.8, 4) is 0 Å². The Morgan fingerprint density at radius 2 is 1.71 bits per heavy atom. The molecule has 0 fully saturated rings. The molecular weight excluding hydrogens is 312 g/mol. The molecule has 0 bridgehead atoms. The Morgan fingerprint density at radius 3 is 2.17 bits per heavy atom. The molecular formula is C17H32N2O5. The van der Waals surface area contributed by atoms with E-state index in [9.17, 15) is 19.5 Å². The van der Waals surface area contributed by atoms with Gasteiger partial charge in [0.25, 0.3) is 0 Å². The first-order valence-corrected chi connectivity index (χ1v) is 8.69. The van der Waals surface area contributed by atoms with Crippen LogP contribution in [0.1, 0.15) is 60.3 Å². The quantitative estimate of drug-likeness (QED) is 0.500. The number of nitrogens with one attached hydrogen (secondary N) is 2. The standard InChI is InChI=1S/C17H32N2O5/c1-6-8-9-24-17(23)19-14(12(5)7-2)15(20)18-13(16(21)22)10-11(3)4/h11-14H,6-10H2,1-5H3,(H,18,20)(H,19,23)(H,21,22)/t12-,13-,14-/m0/s1. The van der Waals surface area contributed by atoms with Gasteiger partial charge in [-0.05, 0) is 24.7 Å². The average molecular weight is 344 g/mol. The number of aliphatic carboxylic acids is 1. The van der Waals surface area contributed by atoms with Gasteiger partial charge in [-0.1, -0.05) is 47.5 Å². The summed E-state index contributed by atoms with van der Waals surface area (Å²) in [4.78, 5) is 35.6. The molecule has 0 aromatic carbocycles. The first kappa shape index (κ1) is 22.2. The van der Waals surface area contributed by atoms with Gasteiger partial charge in [0.15, 0.2) is 0 Å². The van der Waals surface area contributed by atoms with Crippen molar-refractivity contribution >= 4 is 18.0 Å². The minimum Gasteiger partial charge on any atom is -0.480 e. The van der Waals surface area contributed by atoms with E-state index in [0.717, 1.165) is 12.8 Å². The highest BCUT2D eigenvalue weighted by Crippen LogP contribution is 2.11. The maximum Gasteiger partial charge on any atom is 0.407 e. The first-order valence-electron chi connectivity index (χ1n) is 8.69. The molecule has 140 valence electrons. The third-order valence-electron chi connectivity index (χ3n) is 3.82. The second-order valence-electron chi connectivity index (χ2n) is 6.53. The number of carbonyl (C=O) groups is 3. The van der Waals surface area contributed by atoms with Crippen LogP contribution in [0.3, 0.4) is 0 Å². The molecule has 0 rings (SSSR count). The largest absolute Gasteiger partial charge is 0.480 e. The fourth-order valence-corrected chi connectivity index (χ4v) is 2.13. The van der Waals surface area contributed by atoms with E-state index in [-0.39, 0.29) is 11.8 Å². The molecule has 0 aliphatic rings. The summed E-state index contributed by atoms with van der Waals surface area (Å²) in [5.41, 5.74) is 0. The molecule has 0 aliphatic heterocycles. The van der Waals surface area contributed by atoms with E-state index >= 15 is 0 Å². The zero-order valence-electron chi connectivity index (χ0n) is 15.4. The summed E-state index contributed by atoms with van der Waals surface area (Å²) >= 11 is 0. The van der Waals surface area contributed by atoms with Crippen LogP contribution in [0.15, 0.2) is 0 Å². The van der Waals surface area contributed by atoms with Crippen molar-refractivity contribution in [2.24, 2.45) is 11.8 Å². The predicted molar refractivity (Wildman–Crippen MR) is 91.7 cm³/mol. The minimum absolute atomic E-state index is 0.125. The Bertz CT molecular complexity index is 412. The molecule has 3 N–H and O–H groups in total. The van der Waals surface area contributed by atoms with Crippen LogP contribution < -0.4 is 10.6 Å². The lowest BCUT2D eigenvalue weighted by molar-refractivity contribution is -0.142. The van der Waals surface area contributed by atoms with Gasteiger partial charge in [0.05, 0.1) is 6.61 Å². The van der Waals surface area contributed by atoms with Crippen LogP contribution in [0.2, 0.25) is 0 Å². The van der Waals surface area contributed by atoms with E-state index in [0.29, 0.717) is 19.4 Å². The molecule has 7 heteroatoms. The van der Waals surface area contributed by atoms with Gasteiger partial charge in [0.2, 0.25) is 5.91 Å². The minimum atomic E-state index is -1.08. The molecule has 0 aromatic rings. The zero-order chi connectivity index (χ0) is 18.7. The lowest BCUT2D eigenvalue weighted by Gasteiger charge is -2.25. The van der Waals surface area contributed by atoms with Gasteiger partial charge >= 0.3 is 12.1 Å². The van der Waals surface area contributed by atoms with Crippen LogP contribution in [0.5, 0.6) is 0 Å². The Morgan fingerprint density at radius 1 is 1.08 bits per heavy atom. The monoisotopic (exact) mass is 344 g/mol. The lowest BCUT2D eigenvalue weighted by atomic mass is 9.97. The van der Waals surface area contributed by atoms with Gasteiger partial charge in [-0.15, -0.1) is 0 Å². The van der Waals surface area contributed by atoms with Gasteiger partial charge < -0.3 is 20.5 Å². The molecule has 0 radical (unpaired) electrons. The maximum atomic E-state index is 12.5. The Kier molecular flexibility index (Phi) is 10.8. The number of hydrogen-bond donors (Lipinski definition) is 3. The number of amides is 2. The molecule has 0 saturated carbocycles. The van der Waals surface area contributed by atoms with Crippen molar-refractivity contribution in [3.63, 3.8) is 0 Å². The average Bonchev–Trinajstić information content (AvgIpc) is 2.50. The molecule has 0 spiro atoms. The second kappa shape index (κ2) is 11.7. The first-order chi connectivity index (χ1) is 11.2. The number of carbonyl (C=O) groups excluding carboxylic acids is 2. The molecule has 0 aliphatic carbocycles. The Balaban J connectivity index is 4.86. The highest BCUT2D eigenvalue weighted by Gasteiger charge is 2.30. The van der Waals surface area contributed by atoms with E-state index < -0.39 is 30.1 Å². The van der Waals surface area contributed by atoms with E-state index in [1.807, 2.05) is 34.6 Å². The van der Waals surface area contributed by atoms with Crippen molar-refractivity contribution in [1.82, 2.24) is 10.6 Å². The van der Waals surface area contributed by atoms with Crippen LogP contribution in [-0.2, 0) is 14.3 Å². The van der Waals surface area contributed by atoms with Crippen LogP contribution in [-0.4, -0.2) is 41.8 Å². The molecule has 0 saturated heterocycles. The van der Waals surface area contributed by atoms with Gasteiger partial charge in [0, 0.05) is 0 Å². The summed E-state index contributed by atoms with van der Waals surface area (Å²) in [6, 6.07) is -1.79. The smallest absolute Gasteiger partial charge is 0.407 e. The molecule has 3 atom stereocenters. The molecule has 0 heterocycles. The Hall–Kier alpha value is -1.79. The summed E-state index contributed by atoms with van der Waals surface area (Å²) in [6.45, 7) is 9.78. The van der Waals surface area contributed by atoms with Gasteiger partial charge in [-0.25, -0.2) is 9.59 Å². The molecule has 24 heavy (non-hydrogen) atoms. The number of alkyl carbamates (subject to hydrolysis) is 1. The maximum absolute atomic E-state index is 12.5. The molecule has 0 aromatic heterocycles. The number of carboxylic acids is 1. The second-order valence-corrected chi connectivity index (χ2v) is 6.53. The lowest BCUT2D eigenvalue weighted by Crippen LogP contribution is -2.54. The summed E-state index contributed by atoms with van der Waals surface area (Å²) < 4.78 is 5.03. The van der Waals surface area contributed by atoms with Crippen LogP contribution in [0, 0.1) is 11.8 Å². The summed E-state index contributed by atoms with van der Waals surface area (Å²) in [5, 5.41) is 14.3. The number of rotatable bonds is 11. The van der Waals surface area contributed by atoms with Crippen molar-refractivity contribution in [2.45, 2.75) is 72.4 Å². The fraction of sp³-hybridized carbons (Fsp3) is 0.824. The number of carboxylic acid groups (broad SMARTS) is 1. The van der Waals surface area contributed by atoms with E-state index in [1.165, 1.54) is 0 Å². The van der Waals surface area contributed by atoms with E-state index in [2.05, 4.69) is 10.6 Å². The highest BCUT2D eigenvalue weighted by molar-refractivity contribution is 5.89. The Labute approximate surface area is 144 Å². The van der Waals surface area contributed by atoms with Crippen LogP contribution in [0.25, 0.3) is 0 Å². The van der Waals surface area contributed by atoms with Crippen LogP contribution in [0.4, 0.5) is 4.79 Å². The van der Waals surface area contributed by atoms with Crippen molar-refractivity contribution in [1.29, 1.82) is 0 Å². The topological polar surface area (TPSA) is 105 Å². The molecule has 0 unspecified atom stereocenters. The van der Waals surface area contributed by atoms with Gasteiger partial charge in [0.1, 0.15) is 12.1 Å². The van der Waals surface area contributed by atoms with Crippen LogP contribution >= 0.6 is 0 Å². The normalized spacial score (nSPS) is 14.6. The zero-order valence-corrected chi connectivity index (χ0v) is 15.4. The fourth-order valence-electron chi connectivity index (χ4n) is 2.13. The van der Waals surface area contributed by atoms with E-state index in [4.69, 9.17) is 4.74 Å². The highest BCUT2D eigenvalue weighted by atomic mass is 16.5. The number of unbranched alkanes of at least 4 members (excludes halogenated alkanes) is 1. The molecule has 2 amide bonds. The van der Waals surface area contributed by atoms with Crippen molar-refractivity contribution in [3.05, 3.63) is 0 Å². The number of hydrogen-bond acceptors (Lipinski definition) is 4. The summed E-state index contributed by atoms with van der Waals surface area (Å²) in [7, 11) is 0. The number of ether oxygens (including phenoxy) is 1. The predicted octanol–water partition coefficient (Wildman–Crippen LogP) is 2.54. The SMILES string of the molecule is CCCCOC(=O)N[C@H](C(=O)N[C@@H](CC(C)C)C(=O)O)[C@@H](C)CC. The van der Waals surface area contributed by atoms with Crippen molar-refractivity contribution in [2.75, 3.05) is 6.61 Å². The van der Waals surface area contributed by atoms with Gasteiger partial charge in [-0.3, -0.25) is 4.79 Å². The molecule has 7 nitrogen and oxygen atoms in total. The van der Waals surface area contributed by atoms with Gasteiger partial charge in [-0.2, -0.15) is 0 Å². The third-order valence-corrected chi connectivity index (χ3v) is 3.82. The van der Waals surface area contributed by atoms with E-state index in [1.54, 1.807) is 0 Å². The van der Waals surface area contributed by atoms with Crippen molar-refractivity contribution < 1.29 is 24.2 Å². The third kappa shape index (κ3) is 8.74.